The average Bonchev–Trinajstić information content (AvgIpc) is 2.43. The molecule has 3 N–H and O–H groups in total. The van der Waals surface area contributed by atoms with E-state index >= 15 is 0 Å². The highest BCUT2D eigenvalue weighted by Gasteiger charge is 2.19. The van der Waals surface area contributed by atoms with Crippen LogP contribution in [0, 0.1) is 11.3 Å². The zero-order valence-corrected chi connectivity index (χ0v) is 12.8. The van der Waals surface area contributed by atoms with Gasteiger partial charge in [0.2, 0.25) is 10.0 Å². The monoisotopic (exact) mass is 315 g/mol. The number of hydrogen-bond donors (Lipinski definition) is 2. The Morgan fingerprint density at radius 1 is 1.50 bits per heavy atom. The van der Waals surface area contributed by atoms with E-state index in [0.717, 1.165) is 12.8 Å². The van der Waals surface area contributed by atoms with Crippen molar-refractivity contribution in [1.82, 2.24) is 4.72 Å². The minimum Gasteiger partial charge on any atom is -0.329 e. The minimum atomic E-state index is -3.67. The molecule has 0 spiro atoms. The van der Waals surface area contributed by atoms with Crippen molar-refractivity contribution in [3.63, 3.8) is 0 Å². The summed E-state index contributed by atoms with van der Waals surface area (Å²) in [5.41, 5.74) is 5.82. The van der Waals surface area contributed by atoms with Gasteiger partial charge in [-0.15, -0.1) is 0 Å². The molecule has 0 aliphatic carbocycles. The Morgan fingerprint density at radius 2 is 2.20 bits per heavy atom. The maximum atomic E-state index is 12.2. The maximum Gasteiger partial charge on any atom is 0.240 e. The molecule has 0 heterocycles. The Morgan fingerprint density at radius 3 is 2.70 bits per heavy atom. The highest BCUT2D eigenvalue weighted by atomic mass is 35.5. The first-order chi connectivity index (χ1) is 9.44. The van der Waals surface area contributed by atoms with Crippen LogP contribution in [0.5, 0.6) is 0 Å². The van der Waals surface area contributed by atoms with E-state index in [1.54, 1.807) is 0 Å². The number of sulfonamides is 1. The fraction of sp³-hybridized carbons (Fsp3) is 0.462. The van der Waals surface area contributed by atoms with Crippen LogP contribution in [-0.4, -0.2) is 21.0 Å². The first-order valence-corrected chi connectivity index (χ1v) is 8.22. The number of unbranched alkanes of at least 4 members (excludes halogenated alkanes) is 1. The normalized spacial score (nSPS) is 12.9. The molecule has 110 valence electrons. The molecular weight excluding hydrogens is 298 g/mol. The molecule has 1 rings (SSSR count). The van der Waals surface area contributed by atoms with Crippen LogP contribution >= 0.6 is 11.6 Å². The molecule has 1 aromatic carbocycles. The summed E-state index contributed by atoms with van der Waals surface area (Å²) >= 11 is 5.85. The van der Waals surface area contributed by atoms with E-state index < -0.39 is 10.0 Å². The molecule has 0 fully saturated rings. The van der Waals surface area contributed by atoms with Crippen LogP contribution in [0.3, 0.4) is 0 Å². The molecule has 5 nitrogen and oxygen atoms in total. The van der Waals surface area contributed by atoms with Gasteiger partial charge >= 0.3 is 0 Å². The minimum absolute atomic E-state index is 0.0384. The molecule has 0 saturated heterocycles. The number of nitrogens with zero attached hydrogens (tertiary/aromatic N) is 1. The highest BCUT2D eigenvalue weighted by molar-refractivity contribution is 7.89. The fourth-order valence-electron chi connectivity index (χ4n) is 1.72. The predicted octanol–water partition coefficient (Wildman–Crippen LogP) is 2.01. The van der Waals surface area contributed by atoms with E-state index in [1.165, 1.54) is 18.2 Å². The van der Waals surface area contributed by atoms with Crippen LogP contribution in [0.4, 0.5) is 0 Å². The van der Waals surface area contributed by atoms with Crippen molar-refractivity contribution in [2.45, 2.75) is 37.1 Å². The number of benzene rings is 1. The number of halogens is 1. The number of hydrogen-bond acceptors (Lipinski definition) is 4. The van der Waals surface area contributed by atoms with E-state index in [0.29, 0.717) is 6.42 Å². The summed E-state index contributed by atoms with van der Waals surface area (Å²) in [6.07, 6.45) is 2.57. The Hall–Kier alpha value is -1.13. The molecule has 1 aromatic rings. The van der Waals surface area contributed by atoms with E-state index in [2.05, 4.69) is 4.72 Å². The molecule has 7 heteroatoms. The molecule has 0 saturated carbocycles. The topological polar surface area (TPSA) is 96.0 Å². The number of nitrogens with one attached hydrogen (secondary N) is 1. The van der Waals surface area contributed by atoms with Crippen molar-refractivity contribution in [1.29, 1.82) is 5.26 Å². The van der Waals surface area contributed by atoms with Gasteiger partial charge in [0.1, 0.15) is 6.07 Å². The fourth-order valence-corrected chi connectivity index (χ4v) is 3.31. The molecular formula is C13H18ClN3O2S. The van der Waals surface area contributed by atoms with Gasteiger partial charge in [-0.1, -0.05) is 31.4 Å². The molecule has 0 aliphatic heterocycles. The Balaban J connectivity index is 2.93. The predicted molar refractivity (Wildman–Crippen MR) is 78.9 cm³/mol. The van der Waals surface area contributed by atoms with E-state index in [9.17, 15) is 8.42 Å². The van der Waals surface area contributed by atoms with Gasteiger partial charge in [0.25, 0.3) is 0 Å². The lowest BCUT2D eigenvalue weighted by atomic mass is 10.1. The number of nitrogens with two attached hydrogens (primary N) is 1. The Labute approximate surface area is 124 Å². The lowest BCUT2D eigenvalue weighted by Gasteiger charge is -2.16. The average molecular weight is 316 g/mol. The van der Waals surface area contributed by atoms with Gasteiger partial charge in [0, 0.05) is 12.6 Å². The van der Waals surface area contributed by atoms with Gasteiger partial charge in [0.05, 0.1) is 15.5 Å². The van der Waals surface area contributed by atoms with Gasteiger partial charge < -0.3 is 5.73 Å². The highest BCUT2D eigenvalue weighted by Crippen LogP contribution is 2.20. The Kier molecular flexibility index (Phi) is 6.43. The SMILES string of the molecule is CCCCC(CN)NS(=O)(=O)c1ccc(C#N)c(Cl)c1. The molecule has 0 aliphatic rings. The number of rotatable bonds is 7. The van der Waals surface area contributed by atoms with Gasteiger partial charge in [-0.05, 0) is 24.6 Å². The van der Waals surface area contributed by atoms with E-state index in [1.807, 2.05) is 13.0 Å². The van der Waals surface area contributed by atoms with Crippen LogP contribution in [0.25, 0.3) is 0 Å². The lowest BCUT2D eigenvalue weighted by molar-refractivity contribution is 0.516. The second-order valence-corrected chi connectivity index (χ2v) is 6.57. The third-order valence-corrected chi connectivity index (χ3v) is 4.71. The zero-order valence-electron chi connectivity index (χ0n) is 11.3. The summed E-state index contributed by atoms with van der Waals surface area (Å²) in [6.45, 7) is 2.27. The lowest BCUT2D eigenvalue weighted by Crippen LogP contribution is -2.40. The molecule has 1 unspecified atom stereocenters. The second kappa shape index (κ2) is 7.60. The van der Waals surface area contributed by atoms with Crippen molar-refractivity contribution in [3.05, 3.63) is 28.8 Å². The molecule has 20 heavy (non-hydrogen) atoms. The van der Waals surface area contributed by atoms with Crippen LogP contribution < -0.4 is 10.5 Å². The number of nitriles is 1. The summed E-state index contributed by atoms with van der Waals surface area (Å²) in [5.74, 6) is 0. The van der Waals surface area contributed by atoms with Crippen LogP contribution in [0.2, 0.25) is 5.02 Å². The van der Waals surface area contributed by atoms with Crippen LogP contribution in [-0.2, 0) is 10.0 Å². The van der Waals surface area contributed by atoms with E-state index in [-0.39, 0.29) is 28.1 Å². The van der Waals surface area contributed by atoms with Crippen molar-refractivity contribution in [2.75, 3.05) is 6.54 Å². The first-order valence-electron chi connectivity index (χ1n) is 6.36. The van der Waals surface area contributed by atoms with Gasteiger partial charge in [0.15, 0.2) is 0 Å². The van der Waals surface area contributed by atoms with Gasteiger partial charge in [-0.3, -0.25) is 0 Å². The molecule has 0 bridgehead atoms. The summed E-state index contributed by atoms with van der Waals surface area (Å²) < 4.78 is 27.0. The van der Waals surface area contributed by atoms with Crippen molar-refractivity contribution in [2.24, 2.45) is 5.73 Å². The third kappa shape index (κ3) is 4.46. The van der Waals surface area contributed by atoms with Crippen molar-refractivity contribution in [3.8, 4) is 6.07 Å². The molecule has 1 atom stereocenters. The quantitative estimate of drug-likeness (QED) is 0.804. The smallest absolute Gasteiger partial charge is 0.240 e. The maximum absolute atomic E-state index is 12.2. The standard InChI is InChI=1S/C13H18ClN3O2S/c1-2-3-4-11(9-16)17-20(18,19)12-6-5-10(8-15)13(14)7-12/h5-7,11,17H,2-4,9,16H2,1H3. The van der Waals surface area contributed by atoms with Crippen molar-refractivity contribution < 1.29 is 8.42 Å². The van der Waals surface area contributed by atoms with Crippen molar-refractivity contribution >= 4 is 21.6 Å². The molecule has 0 amide bonds. The first kappa shape index (κ1) is 16.9. The molecule has 0 aromatic heterocycles. The zero-order chi connectivity index (χ0) is 15.2. The molecule has 0 radical (unpaired) electrons. The van der Waals surface area contributed by atoms with Gasteiger partial charge in [-0.2, -0.15) is 5.26 Å². The van der Waals surface area contributed by atoms with Crippen LogP contribution in [0.1, 0.15) is 31.7 Å². The third-order valence-electron chi connectivity index (χ3n) is 2.88. The van der Waals surface area contributed by atoms with Gasteiger partial charge in [-0.25, -0.2) is 13.1 Å². The summed E-state index contributed by atoms with van der Waals surface area (Å²) in [5, 5.41) is 8.90. The summed E-state index contributed by atoms with van der Waals surface area (Å²) in [6, 6.07) is 5.61. The van der Waals surface area contributed by atoms with Crippen LogP contribution in [0.15, 0.2) is 23.1 Å². The van der Waals surface area contributed by atoms with E-state index in [4.69, 9.17) is 22.6 Å². The largest absolute Gasteiger partial charge is 0.329 e. The summed E-state index contributed by atoms with van der Waals surface area (Å²) in [7, 11) is -3.67. The Bertz CT molecular complexity index is 596. The second-order valence-electron chi connectivity index (χ2n) is 4.45. The summed E-state index contributed by atoms with van der Waals surface area (Å²) in [4.78, 5) is 0.0384.